The minimum Gasteiger partial charge on any atom is -0.306 e. The van der Waals surface area contributed by atoms with Crippen LogP contribution in [0, 0.1) is 3.57 Å². The fourth-order valence-electron chi connectivity index (χ4n) is 2.06. The number of benzene rings is 2. The van der Waals surface area contributed by atoms with E-state index in [-0.39, 0.29) is 6.04 Å². The second-order valence-corrected chi connectivity index (χ2v) is 7.69. The van der Waals surface area contributed by atoms with Crippen LogP contribution in [0.2, 0.25) is 5.02 Å². The molecule has 20 heavy (non-hydrogen) atoms. The Balaban J connectivity index is 2.55. The highest BCUT2D eigenvalue weighted by Gasteiger charge is 2.19. The minimum atomic E-state index is 0.109. The van der Waals surface area contributed by atoms with Crippen molar-refractivity contribution >= 4 is 66.1 Å². The summed E-state index contributed by atoms with van der Waals surface area (Å²) in [5, 5.41) is 4.30. The second-order valence-electron chi connectivity index (χ2n) is 4.32. The van der Waals surface area contributed by atoms with Crippen molar-refractivity contribution in [3.8, 4) is 0 Å². The van der Waals surface area contributed by atoms with Crippen LogP contribution in [-0.2, 0) is 0 Å². The molecule has 2 rings (SSSR count). The van der Waals surface area contributed by atoms with Crippen LogP contribution in [0.5, 0.6) is 0 Å². The van der Waals surface area contributed by atoms with Crippen LogP contribution in [0.4, 0.5) is 0 Å². The highest BCUT2D eigenvalue weighted by molar-refractivity contribution is 14.1. The smallest absolute Gasteiger partial charge is 0.0599 e. The van der Waals surface area contributed by atoms with Crippen molar-refractivity contribution in [2.75, 3.05) is 6.54 Å². The van der Waals surface area contributed by atoms with Gasteiger partial charge in [-0.15, -0.1) is 0 Å². The van der Waals surface area contributed by atoms with Crippen molar-refractivity contribution in [3.05, 3.63) is 65.1 Å². The van der Waals surface area contributed by atoms with Gasteiger partial charge in [0.1, 0.15) is 0 Å². The minimum absolute atomic E-state index is 0.109. The van der Waals surface area contributed by atoms with Crippen molar-refractivity contribution in [2.24, 2.45) is 0 Å². The van der Waals surface area contributed by atoms with Crippen molar-refractivity contribution in [3.63, 3.8) is 0 Å². The van der Waals surface area contributed by atoms with Gasteiger partial charge in [0, 0.05) is 17.5 Å². The molecule has 1 atom stereocenters. The van der Waals surface area contributed by atoms with Gasteiger partial charge in [0.15, 0.2) is 0 Å². The largest absolute Gasteiger partial charge is 0.306 e. The van der Waals surface area contributed by atoms with Gasteiger partial charge < -0.3 is 5.32 Å². The standard InChI is InChI=1S/C15H13Br2ClIN/c1-2-20-15(11-7-9(16)3-5-13(11)17)12-8-10(18)4-6-14(12)19/h3-8,15,20H,2H2,1H3. The number of halogens is 4. The number of nitrogens with one attached hydrogen (secondary N) is 1. The monoisotopic (exact) mass is 527 g/mol. The van der Waals surface area contributed by atoms with Gasteiger partial charge in [0.25, 0.3) is 0 Å². The zero-order valence-corrected chi connectivity index (χ0v) is 16.8. The average Bonchev–Trinajstić information content (AvgIpc) is 2.42. The topological polar surface area (TPSA) is 12.0 Å². The maximum atomic E-state index is 6.17. The Kier molecular flexibility index (Phi) is 6.35. The zero-order valence-electron chi connectivity index (χ0n) is 10.8. The quantitative estimate of drug-likeness (QED) is 0.468. The lowest BCUT2D eigenvalue weighted by Crippen LogP contribution is -2.23. The maximum absolute atomic E-state index is 6.17. The molecule has 5 heteroatoms. The third-order valence-electron chi connectivity index (χ3n) is 2.95. The summed E-state index contributed by atoms with van der Waals surface area (Å²) in [6.07, 6.45) is 0. The third-order valence-corrected chi connectivity index (χ3v) is 5.38. The maximum Gasteiger partial charge on any atom is 0.0599 e. The van der Waals surface area contributed by atoms with Gasteiger partial charge in [-0.05, 0) is 76.7 Å². The molecule has 2 aromatic carbocycles. The molecule has 0 aliphatic carbocycles. The Hall–Kier alpha value is 0.380. The lowest BCUT2D eigenvalue weighted by atomic mass is 9.99. The summed E-state index contributed by atoms with van der Waals surface area (Å²) in [6.45, 7) is 2.99. The van der Waals surface area contributed by atoms with Gasteiger partial charge in [-0.3, -0.25) is 0 Å². The Morgan fingerprint density at radius 1 is 1.15 bits per heavy atom. The SMILES string of the molecule is CCNC(c1cc(Br)ccc1Br)c1cc(Cl)ccc1I. The molecular weight excluding hydrogens is 516 g/mol. The van der Waals surface area contributed by atoms with Gasteiger partial charge in [-0.1, -0.05) is 50.4 Å². The fourth-order valence-corrected chi connectivity index (χ4v) is 3.75. The van der Waals surface area contributed by atoms with Crippen molar-refractivity contribution < 1.29 is 0 Å². The van der Waals surface area contributed by atoms with Crippen LogP contribution in [-0.4, -0.2) is 6.54 Å². The molecule has 0 saturated heterocycles. The van der Waals surface area contributed by atoms with Crippen molar-refractivity contribution in [2.45, 2.75) is 13.0 Å². The Morgan fingerprint density at radius 2 is 1.90 bits per heavy atom. The van der Waals surface area contributed by atoms with Crippen LogP contribution in [0.3, 0.4) is 0 Å². The molecule has 0 aromatic heterocycles. The molecule has 0 bridgehead atoms. The molecule has 0 saturated carbocycles. The van der Waals surface area contributed by atoms with Crippen LogP contribution < -0.4 is 5.32 Å². The predicted molar refractivity (Wildman–Crippen MR) is 102 cm³/mol. The molecule has 0 aliphatic rings. The first-order valence-corrected chi connectivity index (χ1v) is 9.20. The van der Waals surface area contributed by atoms with Gasteiger partial charge in [0.05, 0.1) is 6.04 Å². The molecular formula is C15H13Br2ClIN. The molecule has 0 radical (unpaired) electrons. The Morgan fingerprint density at radius 3 is 2.60 bits per heavy atom. The zero-order chi connectivity index (χ0) is 14.7. The van der Waals surface area contributed by atoms with E-state index in [4.69, 9.17) is 11.6 Å². The third kappa shape index (κ3) is 3.97. The molecule has 1 N–H and O–H groups in total. The van der Waals surface area contributed by atoms with Crippen LogP contribution in [0.15, 0.2) is 45.3 Å². The van der Waals surface area contributed by atoms with Crippen LogP contribution in [0.1, 0.15) is 24.1 Å². The van der Waals surface area contributed by atoms with E-state index in [1.165, 1.54) is 14.7 Å². The summed E-state index contributed by atoms with van der Waals surface area (Å²) in [4.78, 5) is 0. The summed E-state index contributed by atoms with van der Waals surface area (Å²) in [5.41, 5.74) is 2.39. The van der Waals surface area contributed by atoms with Gasteiger partial charge >= 0.3 is 0 Å². The predicted octanol–water partition coefficient (Wildman–Crippen LogP) is 6.17. The average molecular weight is 529 g/mol. The van der Waals surface area contributed by atoms with E-state index >= 15 is 0 Å². The van der Waals surface area contributed by atoms with E-state index in [0.29, 0.717) is 0 Å². The molecule has 1 nitrogen and oxygen atoms in total. The number of hydrogen-bond donors (Lipinski definition) is 1. The van der Waals surface area contributed by atoms with Crippen LogP contribution >= 0.6 is 66.1 Å². The summed E-state index contributed by atoms with van der Waals surface area (Å²) >= 11 is 15.7. The second kappa shape index (κ2) is 7.58. The van der Waals surface area contributed by atoms with E-state index in [9.17, 15) is 0 Å². The first kappa shape index (κ1) is 16.7. The highest BCUT2D eigenvalue weighted by Crippen LogP contribution is 2.34. The first-order chi connectivity index (χ1) is 9.52. The molecule has 0 aliphatic heterocycles. The van der Waals surface area contributed by atoms with E-state index in [1.807, 2.05) is 18.2 Å². The fraction of sp³-hybridized carbons (Fsp3) is 0.200. The molecule has 0 amide bonds. The molecule has 1 unspecified atom stereocenters. The van der Waals surface area contributed by atoms with Gasteiger partial charge in [-0.2, -0.15) is 0 Å². The summed E-state index contributed by atoms with van der Waals surface area (Å²) in [7, 11) is 0. The van der Waals surface area contributed by atoms with Crippen molar-refractivity contribution in [1.82, 2.24) is 5.32 Å². The van der Waals surface area contributed by atoms with E-state index in [2.05, 4.69) is 84.9 Å². The molecule has 2 aromatic rings. The highest BCUT2D eigenvalue weighted by atomic mass is 127. The molecule has 0 spiro atoms. The molecule has 106 valence electrons. The summed E-state index contributed by atoms with van der Waals surface area (Å²) < 4.78 is 3.35. The number of rotatable bonds is 4. The van der Waals surface area contributed by atoms with Gasteiger partial charge in [-0.25, -0.2) is 0 Å². The summed E-state index contributed by atoms with van der Waals surface area (Å²) in [5.74, 6) is 0. The van der Waals surface area contributed by atoms with E-state index < -0.39 is 0 Å². The normalized spacial score (nSPS) is 12.4. The van der Waals surface area contributed by atoms with Gasteiger partial charge in [0.2, 0.25) is 0 Å². The number of hydrogen-bond acceptors (Lipinski definition) is 1. The van der Waals surface area contributed by atoms with E-state index in [0.717, 1.165) is 20.5 Å². The molecule has 0 fully saturated rings. The summed E-state index contributed by atoms with van der Waals surface area (Å²) in [6, 6.07) is 12.3. The lowest BCUT2D eigenvalue weighted by Gasteiger charge is -2.22. The lowest BCUT2D eigenvalue weighted by molar-refractivity contribution is 0.626. The Labute approximate surface area is 154 Å². The van der Waals surface area contributed by atoms with Crippen molar-refractivity contribution in [1.29, 1.82) is 0 Å². The first-order valence-electron chi connectivity index (χ1n) is 6.16. The Bertz CT molecular complexity index is 567. The molecule has 0 heterocycles. The van der Waals surface area contributed by atoms with Crippen LogP contribution in [0.25, 0.3) is 0 Å². The van der Waals surface area contributed by atoms with E-state index in [1.54, 1.807) is 0 Å².